The average molecular weight is 259 g/mol. The molecule has 0 atom stereocenters. The molecule has 2 aromatic carbocycles. The number of nitrogens with one attached hydrogen (secondary N) is 1. The van der Waals surface area contributed by atoms with Gasteiger partial charge in [-0.05, 0) is 43.2 Å². The third kappa shape index (κ3) is 3.47. The number of benzene rings is 2. The fourth-order valence-electron chi connectivity index (χ4n) is 1.93. The topological polar surface area (TPSA) is 21.3 Å². The van der Waals surface area contributed by atoms with E-state index >= 15 is 0 Å². The van der Waals surface area contributed by atoms with Gasteiger partial charge in [0.05, 0.1) is 7.11 Å². The molecule has 2 aromatic rings. The third-order valence-corrected chi connectivity index (χ3v) is 3.16. The molecule has 1 N–H and O–H groups in total. The number of methoxy groups -OCH3 is 1. The highest BCUT2D eigenvalue weighted by Gasteiger charge is 2.02. The summed E-state index contributed by atoms with van der Waals surface area (Å²) >= 11 is 0. The predicted molar refractivity (Wildman–Crippen MR) is 76.3 cm³/mol. The molecule has 0 saturated heterocycles. The zero-order valence-electron chi connectivity index (χ0n) is 11.2. The minimum Gasteiger partial charge on any atom is -0.497 e. The van der Waals surface area contributed by atoms with Gasteiger partial charge in [-0.1, -0.05) is 18.2 Å². The number of ether oxygens (including phenoxy) is 1. The van der Waals surface area contributed by atoms with Gasteiger partial charge >= 0.3 is 0 Å². The maximum atomic E-state index is 13.4. The highest BCUT2D eigenvalue weighted by atomic mass is 19.1. The molecule has 0 aliphatic rings. The smallest absolute Gasteiger partial charge is 0.128 e. The molecule has 2 nitrogen and oxygen atoms in total. The molecule has 0 unspecified atom stereocenters. The van der Waals surface area contributed by atoms with Crippen LogP contribution in [0.4, 0.5) is 10.1 Å². The molecule has 0 bridgehead atoms. The number of rotatable bonds is 5. The second kappa shape index (κ2) is 6.23. The standard InChI is InChI=1S/C16H18FNO/c1-12-15(17)4-3-5-16(12)18-11-10-13-6-8-14(19-2)9-7-13/h3-9,18H,10-11H2,1-2H3. The number of hydrogen-bond acceptors (Lipinski definition) is 2. The van der Waals surface area contributed by atoms with Crippen molar-refractivity contribution < 1.29 is 9.13 Å². The van der Waals surface area contributed by atoms with Gasteiger partial charge in [0.2, 0.25) is 0 Å². The van der Waals surface area contributed by atoms with Crippen LogP contribution >= 0.6 is 0 Å². The van der Waals surface area contributed by atoms with Gasteiger partial charge in [-0.15, -0.1) is 0 Å². The molecular formula is C16H18FNO. The fraction of sp³-hybridized carbons (Fsp3) is 0.250. The maximum Gasteiger partial charge on any atom is 0.128 e. The minimum atomic E-state index is -0.172. The van der Waals surface area contributed by atoms with Crippen molar-refractivity contribution in [1.29, 1.82) is 0 Å². The Labute approximate surface area is 113 Å². The summed E-state index contributed by atoms with van der Waals surface area (Å²) < 4.78 is 18.5. The van der Waals surface area contributed by atoms with Crippen molar-refractivity contribution in [3.63, 3.8) is 0 Å². The lowest BCUT2D eigenvalue weighted by Crippen LogP contribution is -2.06. The SMILES string of the molecule is COc1ccc(CCNc2cccc(F)c2C)cc1. The van der Waals surface area contributed by atoms with Crippen LogP contribution in [0.1, 0.15) is 11.1 Å². The van der Waals surface area contributed by atoms with Crippen molar-refractivity contribution in [3.8, 4) is 5.75 Å². The summed E-state index contributed by atoms with van der Waals surface area (Å²) in [7, 11) is 1.66. The largest absolute Gasteiger partial charge is 0.497 e. The van der Waals surface area contributed by atoms with Gasteiger partial charge in [0.25, 0.3) is 0 Å². The molecule has 0 aliphatic heterocycles. The van der Waals surface area contributed by atoms with Crippen LogP contribution in [-0.2, 0) is 6.42 Å². The Morgan fingerprint density at radius 1 is 1.11 bits per heavy atom. The highest BCUT2D eigenvalue weighted by molar-refractivity contribution is 5.51. The van der Waals surface area contributed by atoms with Crippen molar-refractivity contribution in [2.45, 2.75) is 13.3 Å². The molecule has 0 heterocycles. The van der Waals surface area contributed by atoms with Crippen molar-refractivity contribution in [3.05, 3.63) is 59.4 Å². The van der Waals surface area contributed by atoms with Crippen LogP contribution in [0.3, 0.4) is 0 Å². The monoisotopic (exact) mass is 259 g/mol. The van der Waals surface area contributed by atoms with Crippen LogP contribution in [0.5, 0.6) is 5.75 Å². The lowest BCUT2D eigenvalue weighted by atomic mass is 10.1. The number of halogens is 1. The molecule has 0 saturated carbocycles. The third-order valence-electron chi connectivity index (χ3n) is 3.16. The van der Waals surface area contributed by atoms with E-state index in [-0.39, 0.29) is 5.82 Å². The van der Waals surface area contributed by atoms with E-state index in [2.05, 4.69) is 5.32 Å². The van der Waals surface area contributed by atoms with Crippen LogP contribution < -0.4 is 10.1 Å². The van der Waals surface area contributed by atoms with E-state index < -0.39 is 0 Å². The predicted octanol–water partition coefficient (Wildman–Crippen LogP) is 3.80. The summed E-state index contributed by atoms with van der Waals surface area (Å²) in [6, 6.07) is 13.1. The van der Waals surface area contributed by atoms with Gasteiger partial charge in [-0.25, -0.2) is 4.39 Å². The van der Waals surface area contributed by atoms with Crippen molar-refractivity contribution >= 4 is 5.69 Å². The van der Waals surface area contributed by atoms with Gasteiger partial charge in [0.1, 0.15) is 11.6 Å². The van der Waals surface area contributed by atoms with Gasteiger partial charge in [-0.3, -0.25) is 0 Å². The molecule has 0 aliphatic carbocycles. The number of hydrogen-bond donors (Lipinski definition) is 1. The molecule has 2 rings (SSSR count). The Bertz CT molecular complexity index is 537. The van der Waals surface area contributed by atoms with E-state index in [0.29, 0.717) is 5.56 Å². The Kier molecular flexibility index (Phi) is 4.39. The van der Waals surface area contributed by atoms with E-state index in [1.54, 1.807) is 20.1 Å². The van der Waals surface area contributed by atoms with E-state index in [9.17, 15) is 4.39 Å². The summed E-state index contributed by atoms with van der Waals surface area (Å²) in [5.41, 5.74) is 2.74. The summed E-state index contributed by atoms with van der Waals surface area (Å²) in [6.45, 7) is 2.56. The van der Waals surface area contributed by atoms with Crippen molar-refractivity contribution in [1.82, 2.24) is 0 Å². The quantitative estimate of drug-likeness (QED) is 0.882. The zero-order chi connectivity index (χ0) is 13.7. The van der Waals surface area contributed by atoms with Crippen LogP contribution in [0.15, 0.2) is 42.5 Å². The van der Waals surface area contributed by atoms with Crippen LogP contribution in [0.2, 0.25) is 0 Å². The van der Waals surface area contributed by atoms with Crippen LogP contribution in [-0.4, -0.2) is 13.7 Å². The average Bonchev–Trinajstić information content (AvgIpc) is 2.44. The summed E-state index contributed by atoms with van der Waals surface area (Å²) in [5.74, 6) is 0.687. The normalized spacial score (nSPS) is 10.3. The molecule has 0 spiro atoms. The Morgan fingerprint density at radius 3 is 2.53 bits per heavy atom. The lowest BCUT2D eigenvalue weighted by molar-refractivity contribution is 0.414. The first kappa shape index (κ1) is 13.4. The molecule has 0 radical (unpaired) electrons. The molecule has 0 aromatic heterocycles. The fourth-order valence-corrected chi connectivity index (χ4v) is 1.93. The summed E-state index contributed by atoms with van der Waals surface area (Å²) in [4.78, 5) is 0. The Hall–Kier alpha value is -2.03. The van der Waals surface area contributed by atoms with Crippen molar-refractivity contribution in [2.75, 3.05) is 19.0 Å². The molecule has 0 fully saturated rings. The van der Waals surface area contributed by atoms with Gasteiger partial charge in [0, 0.05) is 17.8 Å². The number of anilines is 1. The lowest BCUT2D eigenvalue weighted by Gasteiger charge is -2.10. The van der Waals surface area contributed by atoms with E-state index in [4.69, 9.17) is 4.74 Å². The van der Waals surface area contributed by atoms with E-state index in [1.807, 2.05) is 30.3 Å². The Morgan fingerprint density at radius 2 is 1.84 bits per heavy atom. The van der Waals surface area contributed by atoms with Crippen LogP contribution in [0, 0.1) is 12.7 Å². The van der Waals surface area contributed by atoms with Crippen molar-refractivity contribution in [2.24, 2.45) is 0 Å². The first-order valence-electron chi connectivity index (χ1n) is 6.32. The van der Waals surface area contributed by atoms with Crippen LogP contribution in [0.25, 0.3) is 0 Å². The first-order chi connectivity index (χ1) is 9.20. The highest BCUT2D eigenvalue weighted by Crippen LogP contribution is 2.17. The molecule has 0 amide bonds. The van der Waals surface area contributed by atoms with Gasteiger partial charge in [-0.2, -0.15) is 0 Å². The summed E-state index contributed by atoms with van der Waals surface area (Å²) in [5, 5.41) is 3.26. The van der Waals surface area contributed by atoms with Gasteiger partial charge in [0.15, 0.2) is 0 Å². The second-order valence-corrected chi connectivity index (χ2v) is 4.44. The zero-order valence-corrected chi connectivity index (χ0v) is 11.2. The van der Waals surface area contributed by atoms with E-state index in [1.165, 1.54) is 11.6 Å². The maximum absolute atomic E-state index is 13.4. The summed E-state index contributed by atoms with van der Waals surface area (Å²) in [6.07, 6.45) is 0.889. The first-order valence-corrected chi connectivity index (χ1v) is 6.32. The molecular weight excluding hydrogens is 241 g/mol. The molecule has 3 heteroatoms. The minimum absolute atomic E-state index is 0.172. The Balaban J connectivity index is 1.90. The van der Waals surface area contributed by atoms with Gasteiger partial charge < -0.3 is 10.1 Å². The molecule has 19 heavy (non-hydrogen) atoms. The second-order valence-electron chi connectivity index (χ2n) is 4.44. The van der Waals surface area contributed by atoms with E-state index in [0.717, 1.165) is 24.4 Å². The molecule has 100 valence electrons.